The van der Waals surface area contributed by atoms with Crippen molar-refractivity contribution in [3.05, 3.63) is 0 Å². The van der Waals surface area contributed by atoms with E-state index in [1.165, 1.54) is 0 Å². The minimum absolute atomic E-state index is 0. The van der Waals surface area contributed by atoms with Gasteiger partial charge in [-0.3, -0.25) is 4.79 Å². The predicted octanol–water partition coefficient (Wildman–Crippen LogP) is 1.14. The van der Waals surface area contributed by atoms with Crippen LogP contribution in [0.3, 0.4) is 0 Å². The normalized spacial score (nSPS) is 20.6. The lowest BCUT2D eigenvalue weighted by Crippen LogP contribution is -2.22. The molecule has 1 aliphatic rings. The highest BCUT2D eigenvalue weighted by atomic mass is 35.5. The first-order chi connectivity index (χ1) is 4.39. The lowest BCUT2D eigenvalue weighted by Gasteiger charge is -2.07. The van der Waals surface area contributed by atoms with Gasteiger partial charge < -0.3 is 5.32 Å². The van der Waals surface area contributed by atoms with Crippen LogP contribution in [0, 0.1) is 0 Å². The number of hydrogen-bond acceptors (Lipinski definition) is 2. The molecule has 0 unspecified atom stereocenters. The second-order valence-corrected chi connectivity index (χ2v) is 2.50. The molecule has 0 bridgehead atoms. The van der Waals surface area contributed by atoms with Crippen molar-refractivity contribution in [1.82, 2.24) is 5.32 Å². The topological polar surface area (TPSA) is 29.1 Å². The van der Waals surface area contributed by atoms with Gasteiger partial charge in [-0.15, -0.1) is 12.4 Å². The number of nitrogens with one attached hydrogen (secondary N) is 1. The first-order valence-corrected chi connectivity index (χ1v) is 3.62. The molecule has 1 fully saturated rings. The van der Waals surface area contributed by atoms with Crippen LogP contribution >= 0.6 is 12.4 Å². The average molecular weight is 164 g/mol. The van der Waals surface area contributed by atoms with Crippen LogP contribution in [0.4, 0.5) is 0 Å². The first-order valence-electron chi connectivity index (χ1n) is 3.62. The van der Waals surface area contributed by atoms with Gasteiger partial charge in [0.2, 0.25) is 0 Å². The molecule has 2 nitrogen and oxygen atoms in total. The summed E-state index contributed by atoms with van der Waals surface area (Å²) in [5.74, 6) is 0.419. The van der Waals surface area contributed by atoms with Gasteiger partial charge in [0.25, 0.3) is 0 Å². The smallest absolute Gasteiger partial charge is 0.134 e. The molecular weight excluding hydrogens is 150 g/mol. The quantitative estimate of drug-likeness (QED) is 0.581. The van der Waals surface area contributed by atoms with Crippen molar-refractivity contribution in [1.29, 1.82) is 0 Å². The monoisotopic (exact) mass is 163 g/mol. The predicted molar refractivity (Wildman–Crippen MR) is 43.6 cm³/mol. The zero-order valence-electron chi connectivity index (χ0n) is 6.06. The van der Waals surface area contributed by atoms with Crippen molar-refractivity contribution < 1.29 is 4.79 Å². The van der Waals surface area contributed by atoms with Crippen molar-refractivity contribution in [3.8, 4) is 0 Å². The molecule has 10 heavy (non-hydrogen) atoms. The van der Waals surface area contributed by atoms with Crippen molar-refractivity contribution in [3.63, 3.8) is 0 Å². The van der Waals surface area contributed by atoms with E-state index >= 15 is 0 Å². The SMILES string of the molecule is Cl.O=C1CCCCNCC1. The fraction of sp³-hybridized carbons (Fsp3) is 0.857. The highest BCUT2D eigenvalue weighted by Gasteiger charge is 2.03. The fourth-order valence-electron chi connectivity index (χ4n) is 1.05. The Hall–Kier alpha value is -0.0800. The van der Waals surface area contributed by atoms with Gasteiger partial charge in [-0.25, -0.2) is 0 Å². The maximum absolute atomic E-state index is 10.8. The number of halogens is 1. The third kappa shape index (κ3) is 3.85. The van der Waals surface area contributed by atoms with Crippen LogP contribution in [0.5, 0.6) is 0 Å². The van der Waals surface area contributed by atoms with Crippen LogP contribution in [0.2, 0.25) is 0 Å². The third-order valence-electron chi connectivity index (χ3n) is 1.64. The Morgan fingerprint density at radius 3 is 2.70 bits per heavy atom. The number of hydrogen-bond donors (Lipinski definition) is 1. The molecule has 0 spiro atoms. The van der Waals surface area contributed by atoms with Gasteiger partial charge in [-0.05, 0) is 19.4 Å². The molecule has 1 saturated heterocycles. The first kappa shape index (κ1) is 9.92. The summed E-state index contributed by atoms with van der Waals surface area (Å²) >= 11 is 0. The molecule has 0 aromatic carbocycles. The highest BCUT2D eigenvalue weighted by molar-refractivity contribution is 5.85. The van der Waals surface area contributed by atoms with Gasteiger partial charge in [-0.2, -0.15) is 0 Å². The number of carbonyl (C=O) groups is 1. The molecule has 1 rings (SSSR count). The standard InChI is InChI=1S/C7H13NO.ClH/c9-7-3-1-2-5-8-6-4-7;/h8H,1-6H2;1H. The van der Waals surface area contributed by atoms with Crippen molar-refractivity contribution in [2.75, 3.05) is 13.1 Å². The summed E-state index contributed by atoms with van der Waals surface area (Å²) in [6.45, 7) is 1.98. The zero-order chi connectivity index (χ0) is 6.53. The minimum atomic E-state index is 0. The number of ketones is 1. The summed E-state index contributed by atoms with van der Waals surface area (Å²) in [5.41, 5.74) is 0. The summed E-state index contributed by atoms with van der Waals surface area (Å²) < 4.78 is 0. The molecule has 0 radical (unpaired) electrons. The maximum atomic E-state index is 10.8. The molecule has 0 aliphatic carbocycles. The summed E-state index contributed by atoms with van der Waals surface area (Å²) in [6.07, 6.45) is 3.78. The Bertz CT molecular complexity index is 95.8. The van der Waals surface area contributed by atoms with Gasteiger partial charge in [-0.1, -0.05) is 0 Å². The molecule has 1 heterocycles. The lowest BCUT2D eigenvalue weighted by atomic mass is 10.1. The molecule has 0 saturated carbocycles. The second-order valence-electron chi connectivity index (χ2n) is 2.50. The van der Waals surface area contributed by atoms with E-state index in [4.69, 9.17) is 0 Å². The number of carbonyl (C=O) groups excluding carboxylic acids is 1. The second kappa shape index (κ2) is 5.69. The molecule has 1 N–H and O–H groups in total. The Morgan fingerprint density at radius 2 is 1.90 bits per heavy atom. The van der Waals surface area contributed by atoms with E-state index in [-0.39, 0.29) is 12.4 Å². The Morgan fingerprint density at radius 1 is 1.10 bits per heavy atom. The maximum Gasteiger partial charge on any atom is 0.134 e. The largest absolute Gasteiger partial charge is 0.316 e. The van der Waals surface area contributed by atoms with Crippen molar-refractivity contribution >= 4 is 18.2 Å². The molecule has 0 atom stereocenters. The van der Waals surface area contributed by atoms with Crippen LogP contribution < -0.4 is 5.32 Å². The van der Waals surface area contributed by atoms with Crippen LogP contribution in [-0.4, -0.2) is 18.9 Å². The molecule has 0 amide bonds. The van der Waals surface area contributed by atoms with Crippen molar-refractivity contribution in [2.45, 2.75) is 25.7 Å². The van der Waals surface area contributed by atoms with Crippen molar-refractivity contribution in [2.24, 2.45) is 0 Å². The Balaban J connectivity index is 0.000000810. The van der Waals surface area contributed by atoms with Crippen LogP contribution in [0.15, 0.2) is 0 Å². The molecule has 60 valence electrons. The number of Topliss-reactive ketones (excluding diaryl/α,β-unsaturated/α-hetero) is 1. The van der Waals surface area contributed by atoms with Crippen LogP contribution in [0.1, 0.15) is 25.7 Å². The van der Waals surface area contributed by atoms with Crippen LogP contribution in [0.25, 0.3) is 0 Å². The van der Waals surface area contributed by atoms with Gasteiger partial charge in [0.15, 0.2) is 0 Å². The van der Waals surface area contributed by atoms with Crippen LogP contribution in [-0.2, 0) is 4.79 Å². The fourth-order valence-corrected chi connectivity index (χ4v) is 1.05. The van der Waals surface area contributed by atoms with Gasteiger partial charge in [0.05, 0.1) is 0 Å². The molecule has 0 aromatic rings. The average Bonchev–Trinajstić information content (AvgIpc) is 1.79. The van der Waals surface area contributed by atoms with Gasteiger partial charge in [0.1, 0.15) is 5.78 Å². The van der Waals surface area contributed by atoms with E-state index in [0.29, 0.717) is 5.78 Å². The molecule has 0 aromatic heterocycles. The van der Waals surface area contributed by atoms with E-state index in [1.54, 1.807) is 0 Å². The molecular formula is C7H14ClNO. The third-order valence-corrected chi connectivity index (χ3v) is 1.64. The summed E-state index contributed by atoms with van der Waals surface area (Å²) in [7, 11) is 0. The van der Waals surface area contributed by atoms with E-state index in [2.05, 4.69) is 5.32 Å². The summed E-state index contributed by atoms with van der Waals surface area (Å²) in [4.78, 5) is 10.8. The minimum Gasteiger partial charge on any atom is -0.316 e. The highest BCUT2D eigenvalue weighted by Crippen LogP contribution is 2.00. The van der Waals surface area contributed by atoms with E-state index in [1.807, 2.05) is 0 Å². The van der Waals surface area contributed by atoms with Gasteiger partial charge in [0, 0.05) is 19.4 Å². The zero-order valence-corrected chi connectivity index (χ0v) is 6.88. The molecule has 1 aliphatic heterocycles. The number of rotatable bonds is 0. The lowest BCUT2D eigenvalue weighted by molar-refractivity contribution is -0.119. The van der Waals surface area contributed by atoms with Gasteiger partial charge >= 0.3 is 0 Å². The van der Waals surface area contributed by atoms with E-state index < -0.39 is 0 Å². The van der Waals surface area contributed by atoms with E-state index in [9.17, 15) is 4.79 Å². The Labute approximate surface area is 67.8 Å². The summed E-state index contributed by atoms with van der Waals surface area (Å²) in [5, 5.41) is 3.20. The Kier molecular flexibility index (Phi) is 5.64. The molecule has 3 heteroatoms. The van der Waals surface area contributed by atoms with E-state index in [0.717, 1.165) is 38.8 Å². The summed E-state index contributed by atoms with van der Waals surface area (Å²) in [6, 6.07) is 0.